The van der Waals surface area contributed by atoms with E-state index in [4.69, 9.17) is 9.84 Å². The Morgan fingerprint density at radius 2 is 1.39 bits per heavy atom. The van der Waals surface area contributed by atoms with E-state index in [0.717, 1.165) is 16.7 Å². The third-order valence-corrected chi connectivity index (χ3v) is 2.58. The second kappa shape index (κ2) is 6.62. The van der Waals surface area contributed by atoms with E-state index in [1.807, 2.05) is 60.7 Å². The van der Waals surface area contributed by atoms with Crippen molar-refractivity contribution in [1.82, 2.24) is 0 Å². The first-order valence-electron chi connectivity index (χ1n) is 5.95. The number of rotatable bonds is 5. The maximum Gasteiger partial charge on any atom is 0.110 e. The van der Waals surface area contributed by atoms with Crippen LogP contribution in [0, 0.1) is 0 Å². The minimum absolute atomic E-state index is 0.0212. The minimum atomic E-state index is 0.0212. The molecule has 0 bridgehead atoms. The number of aliphatic hydroxyl groups is 1. The van der Waals surface area contributed by atoms with Crippen molar-refractivity contribution in [2.45, 2.75) is 0 Å². The van der Waals surface area contributed by atoms with Gasteiger partial charge in [-0.25, -0.2) is 0 Å². The molecule has 0 fully saturated rings. The summed E-state index contributed by atoms with van der Waals surface area (Å²) < 4.78 is 5.34. The number of hydrogen-bond acceptors (Lipinski definition) is 2. The van der Waals surface area contributed by atoms with Gasteiger partial charge in [-0.1, -0.05) is 60.7 Å². The van der Waals surface area contributed by atoms with Crippen molar-refractivity contribution < 1.29 is 9.84 Å². The van der Waals surface area contributed by atoms with Crippen molar-refractivity contribution >= 4 is 5.57 Å². The lowest BCUT2D eigenvalue weighted by Crippen LogP contribution is -1.95. The van der Waals surface area contributed by atoms with E-state index in [1.165, 1.54) is 0 Å². The monoisotopic (exact) mass is 240 g/mol. The van der Waals surface area contributed by atoms with Crippen LogP contribution in [0.4, 0.5) is 0 Å². The van der Waals surface area contributed by atoms with E-state index in [9.17, 15) is 0 Å². The Balaban J connectivity index is 2.33. The Bertz CT molecular complexity index is 448. The van der Waals surface area contributed by atoms with Crippen LogP contribution in [-0.4, -0.2) is 18.3 Å². The minimum Gasteiger partial charge on any atom is -0.498 e. The molecule has 0 spiro atoms. The molecule has 0 saturated heterocycles. The molecule has 0 heterocycles. The molecule has 0 amide bonds. The second-order valence-corrected chi connectivity index (χ2v) is 3.86. The van der Waals surface area contributed by atoms with E-state index < -0.39 is 0 Å². The van der Waals surface area contributed by atoms with Crippen molar-refractivity contribution in [3.8, 4) is 0 Å². The highest BCUT2D eigenvalue weighted by Gasteiger charge is 2.04. The topological polar surface area (TPSA) is 29.5 Å². The van der Waals surface area contributed by atoms with Gasteiger partial charge in [0.15, 0.2) is 0 Å². The lowest BCUT2D eigenvalue weighted by Gasteiger charge is -2.08. The molecule has 0 atom stereocenters. The molecular formula is C16H16O2. The van der Waals surface area contributed by atoms with Crippen LogP contribution in [0.1, 0.15) is 11.1 Å². The van der Waals surface area contributed by atoms with E-state index in [-0.39, 0.29) is 6.61 Å². The van der Waals surface area contributed by atoms with Crippen molar-refractivity contribution in [2.24, 2.45) is 0 Å². The van der Waals surface area contributed by atoms with Crippen LogP contribution in [0.15, 0.2) is 66.9 Å². The zero-order valence-corrected chi connectivity index (χ0v) is 10.1. The molecule has 0 unspecified atom stereocenters. The standard InChI is InChI=1S/C16H16O2/c17-11-12-18-13-16(14-7-3-1-4-8-14)15-9-5-2-6-10-15/h1-10,13,17H,11-12H2. The van der Waals surface area contributed by atoms with Crippen LogP contribution in [0.2, 0.25) is 0 Å². The van der Waals surface area contributed by atoms with Crippen LogP contribution >= 0.6 is 0 Å². The lowest BCUT2D eigenvalue weighted by atomic mass is 9.99. The summed E-state index contributed by atoms with van der Waals surface area (Å²) in [6.07, 6.45) is 1.71. The van der Waals surface area contributed by atoms with Gasteiger partial charge in [-0.05, 0) is 11.1 Å². The highest BCUT2D eigenvalue weighted by Crippen LogP contribution is 2.22. The predicted molar refractivity (Wildman–Crippen MR) is 73.0 cm³/mol. The Labute approximate surface area is 107 Å². The third kappa shape index (κ3) is 3.22. The van der Waals surface area contributed by atoms with Gasteiger partial charge in [-0.2, -0.15) is 0 Å². The fraction of sp³-hybridized carbons (Fsp3) is 0.125. The molecule has 92 valence electrons. The van der Waals surface area contributed by atoms with Gasteiger partial charge in [0, 0.05) is 5.57 Å². The average molecular weight is 240 g/mol. The molecule has 2 heteroatoms. The smallest absolute Gasteiger partial charge is 0.110 e. The normalized spacial score (nSPS) is 9.83. The molecular weight excluding hydrogens is 224 g/mol. The molecule has 1 N–H and O–H groups in total. The van der Waals surface area contributed by atoms with Crippen molar-refractivity contribution in [1.29, 1.82) is 0 Å². The van der Waals surface area contributed by atoms with Gasteiger partial charge in [0.2, 0.25) is 0 Å². The molecule has 2 rings (SSSR count). The molecule has 2 aromatic rings. The van der Waals surface area contributed by atoms with E-state index in [0.29, 0.717) is 6.61 Å². The molecule has 0 radical (unpaired) electrons. The molecule has 2 aromatic carbocycles. The number of hydrogen-bond donors (Lipinski definition) is 1. The molecule has 0 aliphatic carbocycles. The Morgan fingerprint density at radius 3 is 1.83 bits per heavy atom. The molecule has 18 heavy (non-hydrogen) atoms. The maximum absolute atomic E-state index is 8.77. The number of aliphatic hydroxyl groups excluding tert-OH is 1. The SMILES string of the molecule is OCCOC=C(c1ccccc1)c1ccccc1. The van der Waals surface area contributed by atoms with Gasteiger partial charge in [0.1, 0.15) is 6.61 Å². The van der Waals surface area contributed by atoms with Crippen LogP contribution in [0.3, 0.4) is 0 Å². The van der Waals surface area contributed by atoms with E-state index in [2.05, 4.69) is 0 Å². The van der Waals surface area contributed by atoms with E-state index in [1.54, 1.807) is 6.26 Å². The van der Waals surface area contributed by atoms with Crippen LogP contribution in [-0.2, 0) is 4.74 Å². The van der Waals surface area contributed by atoms with Crippen LogP contribution in [0.25, 0.3) is 5.57 Å². The highest BCUT2D eigenvalue weighted by molar-refractivity contribution is 5.78. The fourth-order valence-electron chi connectivity index (χ4n) is 1.73. The second-order valence-electron chi connectivity index (χ2n) is 3.86. The lowest BCUT2D eigenvalue weighted by molar-refractivity contribution is 0.167. The van der Waals surface area contributed by atoms with Gasteiger partial charge in [-0.3, -0.25) is 0 Å². The first kappa shape index (κ1) is 12.4. The largest absolute Gasteiger partial charge is 0.498 e. The summed E-state index contributed by atoms with van der Waals surface area (Å²) in [6.45, 7) is 0.330. The van der Waals surface area contributed by atoms with Crippen LogP contribution < -0.4 is 0 Å². The molecule has 0 saturated carbocycles. The molecule has 0 aromatic heterocycles. The fourth-order valence-corrected chi connectivity index (χ4v) is 1.73. The highest BCUT2D eigenvalue weighted by atomic mass is 16.5. The molecule has 0 aliphatic heterocycles. The van der Waals surface area contributed by atoms with Crippen molar-refractivity contribution in [2.75, 3.05) is 13.2 Å². The van der Waals surface area contributed by atoms with Gasteiger partial charge in [0.25, 0.3) is 0 Å². The number of benzene rings is 2. The maximum atomic E-state index is 8.77. The zero-order chi connectivity index (χ0) is 12.6. The zero-order valence-electron chi connectivity index (χ0n) is 10.1. The van der Waals surface area contributed by atoms with E-state index >= 15 is 0 Å². The molecule has 2 nitrogen and oxygen atoms in total. The first-order valence-corrected chi connectivity index (χ1v) is 5.95. The summed E-state index contributed by atoms with van der Waals surface area (Å²) in [6, 6.07) is 20.1. The van der Waals surface area contributed by atoms with Gasteiger partial charge in [-0.15, -0.1) is 0 Å². The third-order valence-electron chi connectivity index (χ3n) is 2.58. The van der Waals surface area contributed by atoms with Crippen LogP contribution in [0.5, 0.6) is 0 Å². The summed E-state index contributed by atoms with van der Waals surface area (Å²) in [4.78, 5) is 0. The Kier molecular flexibility index (Phi) is 4.56. The first-order chi connectivity index (χ1) is 8.92. The predicted octanol–water partition coefficient (Wildman–Crippen LogP) is 3.08. The molecule has 0 aliphatic rings. The summed E-state index contributed by atoms with van der Waals surface area (Å²) in [5, 5.41) is 8.77. The summed E-state index contributed by atoms with van der Waals surface area (Å²) in [5.74, 6) is 0. The summed E-state index contributed by atoms with van der Waals surface area (Å²) in [7, 11) is 0. The average Bonchev–Trinajstić information content (AvgIpc) is 2.46. The van der Waals surface area contributed by atoms with Gasteiger partial charge < -0.3 is 9.84 Å². The Hall–Kier alpha value is -2.06. The van der Waals surface area contributed by atoms with Gasteiger partial charge in [0.05, 0.1) is 12.9 Å². The summed E-state index contributed by atoms with van der Waals surface area (Å²) >= 11 is 0. The number of ether oxygens (including phenoxy) is 1. The summed E-state index contributed by atoms with van der Waals surface area (Å²) in [5.41, 5.74) is 3.22. The van der Waals surface area contributed by atoms with Crippen molar-refractivity contribution in [3.63, 3.8) is 0 Å². The Morgan fingerprint density at radius 1 is 0.889 bits per heavy atom. The quantitative estimate of drug-likeness (QED) is 0.643. The van der Waals surface area contributed by atoms with Crippen molar-refractivity contribution in [3.05, 3.63) is 78.1 Å². The van der Waals surface area contributed by atoms with Gasteiger partial charge >= 0.3 is 0 Å².